The summed E-state index contributed by atoms with van der Waals surface area (Å²) < 4.78 is 5.21. The zero-order valence-corrected chi connectivity index (χ0v) is 15.0. The van der Waals surface area contributed by atoms with Gasteiger partial charge in [-0.2, -0.15) is 5.10 Å². The maximum atomic E-state index is 11.7. The number of ether oxygens (including phenoxy) is 1. The monoisotopic (exact) mass is 438 g/mol. The second-order valence-electron chi connectivity index (χ2n) is 4.96. The Kier molecular flexibility index (Phi) is 6.38. The van der Waals surface area contributed by atoms with Crippen molar-refractivity contribution in [2.75, 3.05) is 6.61 Å². The first-order valence-corrected chi connectivity index (χ1v) is 7.93. The number of nitrogens with one attached hydrogen (secondary N) is 1. The third kappa shape index (κ3) is 5.47. The summed E-state index contributed by atoms with van der Waals surface area (Å²) in [7, 11) is 0. The molecule has 2 N–H and O–H groups in total. The third-order valence-corrected chi connectivity index (χ3v) is 3.68. The van der Waals surface area contributed by atoms with Crippen LogP contribution in [0.4, 0.5) is 11.4 Å². The fraction of sp³-hybridized carbons (Fsp3) is 0.0667. The fourth-order valence-corrected chi connectivity index (χ4v) is 2.31. The van der Waals surface area contributed by atoms with Crippen LogP contribution in [-0.4, -0.2) is 33.7 Å². The number of hydrazone groups is 1. The number of nitro benzene ring substituents is 2. The van der Waals surface area contributed by atoms with E-state index >= 15 is 0 Å². The summed E-state index contributed by atoms with van der Waals surface area (Å²) in [6, 6.07) is 7.50. The van der Waals surface area contributed by atoms with Crippen LogP contribution >= 0.6 is 15.9 Å². The highest BCUT2D eigenvalue weighted by Gasteiger charge is 2.14. The molecule has 0 saturated carbocycles. The van der Waals surface area contributed by atoms with Gasteiger partial charge < -0.3 is 9.84 Å². The molecule has 11 nitrogen and oxygen atoms in total. The summed E-state index contributed by atoms with van der Waals surface area (Å²) in [4.78, 5) is 31.9. The number of phenols is 1. The molecule has 0 aliphatic heterocycles. The molecule has 0 unspecified atom stereocenters. The van der Waals surface area contributed by atoms with Crippen molar-refractivity contribution in [3.63, 3.8) is 0 Å². The quantitative estimate of drug-likeness (QED) is 0.381. The first-order valence-electron chi connectivity index (χ1n) is 7.14. The molecule has 0 atom stereocenters. The van der Waals surface area contributed by atoms with E-state index in [0.717, 1.165) is 24.4 Å². The van der Waals surface area contributed by atoms with Gasteiger partial charge in [-0.05, 0) is 22.0 Å². The standard InChI is InChI=1S/C15H11BrN4O7/c16-13-6-11(20(25)26)4-9(15(13)22)7-17-18-14(21)8-27-12-3-1-2-10(5-12)19(23)24/h1-7,22H,8H2,(H,18,21)/b17-7-. The Hall–Kier alpha value is -3.54. The van der Waals surface area contributed by atoms with Gasteiger partial charge in [-0.15, -0.1) is 0 Å². The first-order chi connectivity index (χ1) is 12.8. The molecule has 0 heterocycles. The summed E-state index contributed by atoms with van der Waals surface area (Å²) in [5.74, 6) is -0.836. The molecule has 2 aromatic rings. The van der Waals surface area contributed by atoms with Crippen LogP contribution in [0.5, 0.6) is 11.5 Å². The van der Waals surface area contributed by atoms with E-state index in [1.54, 1.807) is 0 Å². The summed E-state index contributed by atoms with van der Waals surface area (Å²) in [6.07, 6.45) is 1.03. The first kappa shape index (κ1) is 19.8. The Morgan fingerprint density at radius 2 is 1.93 bits per heavy atom. The highest BCUT2D eigenvalue weighted by Crippen LogP contribution is 2.31. The number of non-ortho nitro benzene ring substituents is 2. The second kappa shape index (κ2) is 8.71. The Morgan fingerprint density at radius 3 is 2.59 bits per heavy atom. The zero-order chi connectivity index (χ0) is 20.0. The smallest absolute Gasteiger partial charge is 0.277 e. The van der Waals surface area contributed by atoms with Gasteiger partial charge in [-0.3, -0.25) is 25.0 Å². The molecule has 0 spiro atoms. The van der Waals surface area contributed by atoms with E-state index in [9.17, 15) is 30.1 Å². The number of nitrogens with zero attached hydrogens (tertiary/aromatic N) is 3. The number of rotatable bonds is 7. The molecule has 0 aliphatic rings. The molecule has 0 radical (unpaired) electrons. The van der Waals surface area contributed by atoms with E-state index in [2.05, 4.69) is 26.5 Å². The van der Waals surface area contributed by atoms with Crippen LogP contribution in [0.3, 0.4) is 0 Å². The zero-order valence-electron chi connectivity index (χ0n) is 13.4. The van der Waals surface area contributed by atoms with Crippen molar-refractivity contribution in [2.24, 2.45) is 5.10 Å². The molecule has 2 rings (SSSR count). The normalized spacial score (nSPS) is 10.6. The van der Waals surface area contributed by atoms with Crippen molar-refractivity contribution in [2.45, 2.75) is 0 Å². The molecular weight excluding hydrogens is 428 g/mol. The van der Waals surface area contributed by atoms with Gasteiger partial charge >= 0.3 is 0 Å². The van der Waals surface area contributed by atoms with Crippen LogP contribution in [-0.2, 0) is 4.79 Å². The van der Waals surface area contributed by atoms with E-state index in [-0.39, 0.29) is 32.9 Å². The number of hydrogen-bond donors (Lipinski definition) is 2. The van der Waals surface area contributed by atoms with Crippen molar-refractivity contribution < 1.29 is 24.5 Å². The molecule has 0 bridgehead atoms. The Labute approximate surface area is 159 Å². The van der Waals surface area contributed by atoms with Crippen molar-refractivity contribution in [3.05, 3.63) is 66.7 Å². The topological polar surface area (TPSA) is 157 Å². The summed E-state index contributed by atoms with van der Waals surface area (Å²) in [5, 5.41) is 34.9. The number of hydrogen-bond acceptors (Lipinski definition) is 8. The van der Waals surface area contributed by atoms with Gasteiger partial charge in [0.2, 0.25) is 0 Å². The molecule has 2 aromatic carbocycles. The number of carbonyl (C=O) groups is 1. The molecule has 27 heavy (non-hydrogen) atoms. The van der Waals surface area contributed by atoms with Crippen LogP contribution < -0.4 is 10.2 Å². The van der Waals surface area contributed by atoms with Gasteiger partial charge in [0.1, 0.15) is 11.5 Å². The summed E-state index contributed by atoms with van der Waals surface area (Å²) in [6.45, 7) is -0.469. The molecule has 12 heteroatoms. The van der Waals surface area contributed by atoms with Gasteiger partial charge in [0.15, 0.2) is 6.61 Å². The number of amides is 1. The van der Waals surface area contributed by atoms with Gasteiger partial charge in [-0.25, -0.2) is 5.43 Å². The molecule has 140 valence electrons. The number of aromatic hydroxyl groups is 1. The van der Waals surface area contributed by atoms with Crippen molar-refractivity contribution >= 4 is 39.4 Å². The number of halogens is 1. The number of nitro groups is 2. The van der Waals surface area contributed by atoms with Crippen LogP contribution in [0.2, 0.25) is 0 Å². The lowest BCUT2D eigenvalue weighted by Gasteiger charge is -2.05. The Bertz CT molecular complexity index is 932. The second-order valence-corrected chi connectivity index (χ2v) is 5.81. The van der Waals surface area contributed by atoms with E-state index in [4.69, 9.17) is 4.74 Å². The summed E-state index contributed by atoms with van der Waals surface area (Å²) in [5.41, 5.74) is 1.66. The van der Waals surface area contributed by atoms with Gasteiger partial charge in [0.05, 0.1) is 26.6 Å². The lowest BCUT2D eigenvalue weighted by molar-refractivity contribution is -0.385. The minimum Gasteiger partial charge on any atom is -0.506 e. The molecule has 0 aromatic heterocycles. The van der Waals surface area contributed by atoms with Crippen LogP contribution in [0.1, 0.15) is 5.56 Å². The third-order valence-electron chi connectivity index (χ3n) is 3.08. The molecule has 1 amide bonds. The number of carbonyl (C=O) groups excluding carboxylic acids is 1. The largest absolute Gasteiger partial charge is 0.506 e. The van der Waals surface area contributed by atoms with Crippen LogP contribution in [0, 0.1) is 20.2 Å². The molecule has 0 aliphatic carbocycles. The van der Waals surface area contributed by atoms with Crippen molar-refractivity contribution in [3.8, 4) is 11.5 Å². The number of benzene rings is 2. The minimum absolute atomic E-state index is 0.0102. The highest BCUT2D eigenvalue weighted by molar-refractivity contribution is 9.10. The van der Waals surface area contributed by atoms with Crippen LogP contribution in [0.15, 0.2) is 46.0 Å². The van der Waals surface area contributed by atoms with Gasteiger partial charge in [-0.1, -0.05) is 6.07 Å². The predicted octanol–water partition coefficient (Wildman–Crippen LogP) is 2.50. The highest BCUT2D eigenvalue weighted by atomic mass is 79.9. The molecule has 0 fully saturated rings. The minimum atomic E-state index is -0.679. The van der Waals surface area contributed by atoms with Gasteiger partial charge in [0, 0.05) is 23.8 Å². The lowest BCUT2D eigenvalue weighted by atomic mass is 10.2. The lowest BCUT2D eigenvalue weighted by Crippen LogP contribution is -2.24. The molecular formula is C15H11BrN4O7. The average Bonchev–Trinajstić information content (AvgIpc) is 2.63. The SMILES string of the molecule is O=C(COc1cccc([N+](=O)[O-])c1)N/N=C\c1cc([N+](=O)[O-])cc(Br)c1O. The van der Waals surface area contributed by atoms with Crippen molar-refractivity contribution in [1.82, 2.24) is 5.43 Å². The Balaban J connectivity index is 1.97. The predicted molar refractivity (Wildman–Crippen MR) is 96.8 cm³/mol. The van der Waals surface area contributed by atoms with E-state index < -0.39 is 22.4 Å². The molecule has 0 saturated heterocycles. The van der Waals surface area contributed by atoms with Gasteiger partial charge in [0.25, 0.3) is 17.3 Å². The summed E-state index contributed by atoms with van der Waals surface area (Å²) >= 11 is 2.98. The average molecular weight is 439 g/mol. The van der Waals surface area contributed by atoms with E-state index in [0.29, 0.717) is 0 Å². The number of phenolic OH excluding ortho intramolecular Hbond substituents is 1. The van der Waals surface area contributed by atoms with E-state index in [1.165, 1.54) is 18.2 Å². The maximum absolute atomic E-state index is 11.7. The van der Waals surface area contributed by atoms with E-state index in [1.807, 2.05) is 0 Å². The maximum Gasteiger partial charge on any atom is 0.277 e. The fourth-order valence-electron chi connectivity index (χ4n) is 1.85. The van der Waals surface area contributed by atoms with Crippen LogP contribution in [0.25, 0.3) is 0 Å². The Morgan fingerprint density at radius 1 is 1.22 bits per heavy atom. The van der Waals surface area contributed by atoms with Crippen molar-refractivity contribution in [1.29, 1.82) is 0 Å².